The Morgan fingerprint density at radius 2 is 1.64 bits per heavy atom. The van der Waals surface area contributed by atoms with Crippen molar-refractivity contribution < 1.29 is 9.59 Å². The van der Waals surface area contributed by atoms with Gasteiger partial charge in [0.05, 0.1) is 10.9 Å². The number of fused-ring (bicyclic) bond motifs is 1. The second-order valence-corrected chi connectivity index (χ2v) is 7.16. The molecular formula is C20H16N2O2S. The molecule has 2 amide bonds. The number of rotatable bonds is 3. The van der Waals surface area contributed by atoms with Crippen LogP contribution in [0.3, 0.4) is 0 Å². The molecule has 1 aliphatic rings. The van der Waals surface area contributed by atoms with Gasteiger partial charge in [-0.2, -0.15) is 0 Å². The molecule has 1 aliphatic heterocycles. The third kappa shape index (κ3) is 2.76. The van der Waals surface area contributed by atoms with Crippen LogP contribution in [0.25, 0.3) is 10.8 Å². The number of nitrogens with zero attached hydrogens (tertiary/aromatic N) is 1. The molecule has 5 heteroatoms. The minimum atomic E-state index is -0.448. The molecule has 0 aromatic heterocycles. The van der Waals surface area contributed by atoms with Gasteiger partial charge >= 0.3 is 0 Å². The number of hydrogen-bond acceptors (Lipinski definition) is 4. The van der Waals surface area contributed by atoms with Crippen LogP contribution in [0.15, 0.2) is 71.6 Å². The number of nitrogen functional groups attached to an aromatic ring is 1. The van der Waals surface area contributed by atoms with Crippen molar-refractivity contribution in [2.24, 2.45) is 0 Å². The van der Waals surface area contributed by atoms with E-state index in [1.54, 1.807) is 6.07 Å². The first-order valence-corrected chi connectivity index (χ1v) is 8.89. The topological polar surface area (TPSA) is 63.4 Å². The molecule has 4 rings (SSSR count). The molecule has 3 aromatic rings. The summed E-state index contributed by atoms with van der Waals surface area (Å²) in [5, 5.41) is 1.46. The third-order valence-corrected chi connectivity index (χ3v) is 5.58. The lowest BCUT2D eigenvalue weighted by atomic mass is 10.1. The van der Waals surface area contributed by atoms with Crippen molar-refractivity contribution >= 4 is 45.7 Å². The molecular weight excluding hydrogens is 332 g/mol. The van der Waals surface area contributed by atoms with Crippen LogP contribution >= 0.6 is 11.8 Å². The second-order valence-electron chi connectivity index (χ2n) is 5.91. The van der Waals surface area contributed by atoms with E-state index in [-0.39, 0.29) is 18.2 Å². The zero-order valence-electron chi connectivity index (χ0n) is 13.4. The number of amides is 2. The largest absolute Gasteiger partial charge is 0.398 e. The molecule has 0 unspecified atom stereocenters. The summed E-state index contributed by atoms with van der Waals surface area (Å²) < 4.78 is 0. The van der Waals surface area contributed by atoms with Crippen LogP contribution in [0.2, 0.25) is 0 Å². The van der Waals surface area contributed by atoms with E-state index < -0.39 is 5.25 Å². The maximum atomic E-state index is 12.9. The predicted octanol–water partition coefficient (Wildman–Crippen LogP) is 3.85. The number of imide groups is 1. The first-order valence-electron chi connectivity index (χ1n) is 8.01. The van der Waals surface area contributed by atoms with Crippen molar-refractivity contribution in [1.82, 2.24) is 0 Å². The summed E-state index contributed by atoms with van der Waals surface area (Å²) in [6, 6.07) is 20.8. The number of carbonyl (C=O) groups is 2. The molecule has 1 atom stereocenters. The maximum Gasteiger partial charge on any atom is 0.247 e. The van der Waals surface area contributed by atoms with E-state index in [2.05, 4.69) is 0 Å². The summed E-state index contributed by atoms with van der Waals surface area (Å²) in [6.45, 7) is 0. The maximum absolute atomic E-state index is 12.9. The summed E-state index contributed by atoms with van der Waals surface area (Å²) in [5.41, 5.74) is 7.24. The summed E-state index contributed by atoms with van der Waals surface area (Å²) in [7, 11) is 0. The molecule has 1 heterocycles. The van der Waals surface area contributed by atoms with Gasteiger partial charge in [-0.3, -0.25) is 9.59 Å². The molecule has 0 spiro atoms. The van der Waals surface area contributed by atoms with Crippen molar-refractivity contribution in [3.8, 4) is 0 Å². The zero-order chi connectivity index (χ0) is 17.4. The average molecular weight is 348 g/mol. The van der Waals surface area contributed by atoms with Gasteiger partial charge in [-0.05, 0) is 23.6 Å². The standard InChI is InChI=1S/C20H16N2O2S/c21-15-9-3-4-11-17(15)25-18-12-19(23)22(20(18)24)16-10-5-7-13-6-1-2-8-14(13)16/h1-11,18H,12,21H2/t18-/m0/s1. The van der Waals surface area contributed by atoms with Gasteiger partial charge in [0.2, 0.25) is 11.8 Å². The van der Waals surface area contributed by atoms with Crippen LogP contribution in [-0.4, -0.2) is 17.1 Å². The van der Waals surface area contributed by atoms with Crippen LogP contribution < -0.4 is 10.6 Å². The fraction of sp³-hybridized carbons (Fsp3) is 0.100. The Morgan fingerprint density at radius 3 is 2.48 bits per heavy atom. The van der Waals surface area contributed by atoms with E-state index >= 15 is 0 Å². The highest BCUT2D eigenvalue weighted by molar-refractivity contribution is 8.00. The zero-order valence-corrected chi connectivity index (χ0v) is 14.2. The lowest BCUT2D eigenvalue weighted by Gasteiger charge is -2.17. The van der Waals surface area contributed by atoms with Gasteiger partial charge in [-0.1, -0.05) is 48.5 Å². The molecule has 3 aromatic carbocycles. The van der Waals surface area contributed by atoms with E-state index in [4.69, 9.17) is 5.73 Å². The second kappa shape index (κ2) is 6.26. The lowest BCUT2D eigenvalue weighted by Crippen LogP contribution is -2.31. The Hall–Kier alpha value is -2.79. The van der Waals surface area contributed by atoms with Crippen molar-refractivity contribution in [2.75, 3.05) is 10.6 Å². The van der Waals surface area contributed by atoms with Gasteiger partial charge in [0, 0.05) is 22.4 Å². The molecule has 4 nitrogen and oxygen atoms in total. The minimum absolute atomic E-state index is 0.173. The summed E-state index contributed by atoms with van der Waals surface area (Å²) in [4.78, 5) is 27.6. The van der Waals surface area contributed by atoms with Gasteiger partial charge in [-0.15, -0.1) is 11.8 Å². The fourth-order valence-corrected chi connectivity index (χ4v) is 4.19. The third-order valence-electron chi connectivity index (χ3n) is 4.30. The highest BCUT2D eigenvalue weighted by Gasteiger charge is 2.40. The van der Waals surface area contributed by atoms with Gasteiger partial charge in [-0.25, -0.2) is 4.90 Å². The SMILES string of the molecule is Nc1ccccc1S[C@H]1CC(=O)N(c2cccc3ccccc23)C1=O. The van der Waals surface area contributed by atoms with Crippen molar-refractivity contribution in [3.05, 3.63) is 66.7 Å². The normalized spacial score (nSPS) is 17.4. The number of benzene rings is 3. The van der Waals surface area contributed by atoms with Gasteiger partial charge < -0.3 is 5.73 Å². The molecule has 25 heavy (non-hydrogen) atoms. The quantitative estimate of drug-likeness (QED) is 0.577. The molecule has 124 valence electrons. The van der Waals surface area contributed by atoms with E-state index in [0.29, 0.717) is 11.4 Å². The average Bonchev–Trinajstić information content (AvgIpc) is 2.90. The molecule has 0 saturated carbocycles. The van der Waals surface area contributed by atoms with E-state index in [0.717, 1.165) is 15.7 Å². The molecule has 2 N–H and O–H groups in total. The van der Waals surface area contributed by atoms with Gasteiger partial charge in [0.1, 0.15) is 0 Å². The Bertz CT molecular complexity index is 981. The number of carbonyl (C=O) groups excluding carboxylic acids is 2. The first-order chi connectivity index (χ1) is 12.1. The van der Waals surface area contributed by atoms with Gasteiger partial charge in [0.25, 0.3) is 0 Å². The van der Waals surface area contributed by atoms with E-state index in [1.807, 2.05) is 60.7 Å². The molecule has 1 fully saturated rings. The fourth-order valence-electron chi connectivity index (χ4n) is 3.09. The monoisotopic (exact) mass is 348 g/mol. The number of para-hydroxylation sites is 1. The van der Waals surface area contributed by atoms with E-state index in [9.17, 15) is 9.59 Å². The summed E-state index contributed by atoms with van der Waals surface area (Å²) >= 11 is 1.36. The summed E-state index contributed by atoms with van der Waals surface area (Å²) in [6.07, 6.45) is 0.182. The van der Waals surface area contributed by atoms with Crippen LogP contribution in [0.1, 0.15) is 6.42 Å². The van der Waals surface area contributed by atoms with Crippen LogP contribution in [0, 0.1) is 0 Å². The Balaban J connectivity index is 1.69. The van der Waals surface area contributed by atoms with E-state index in [1.165, 1.54) is 16.7 Å². The number of anilines is 2. The molecule has 1 saturated heterocycles. The Morgan fingerprint density at radius 1 is 0.920 bits per heavy atom. The predicted molar refractivity (Wildman–Crippen MR) is 102 cm³/mol. The Labute approximate surface area is 149 Å². The molecule has 0 aliphatic carbocycles. The van der Waals surface area contributed by atoms with Crippen molar-refractivity contribution in [1.29, 1.82) is 0 Å². The van der Waals surface area contributed by atoms with Crippen LogP contribution in [0.4, 0.5) is 11.4 Å². The molecule has 0 bridgehead atoms. The Kier molecular flexibility index (Phi) is 3.93. The number of thioether (sulfide) groups is 1. The minimum Gasteiger partial charge on any atom is -0.398 e. The van der Waals surface area contributed by atoms with Gasteiger partial charge in [0.15, 0.2) is 0 Å². The lowest BCUT2D eigenvalue weighted by molar-refractivity contribution is -0.121. The highest BCUT2D eigenvalue weighted by Crippen LogP contribution is 2.38. The highest BCUT2D eigenvalue weighted by atomic mass is 32.2. The van der Waals surface area contributed by atoms with Crippen LogP contribution in [-0.2, 0) is 9.59 Å². The number of hydrogen-bond donors (Lipinski definition) is 1. The van der Waals surface area contributed by atoms with Crippen molar-refractivity contribution in [3.63, 3.8) is 0 Å². The summed E-state index contributed by atoms with van der Waals surface area (Å²) in [5.74, 6) is -0.358. The van der Waals surface area contributed by atoms with Crippen LogP contribution in [0.5, 0.6) is 0 Å². The number of nitrogens with two attached hydrogens (primary N) is 1. The molecule has 0 radical (unpaired) electrons. The smallest absolute Gasteiger partial charge is 0.247 e. The first kappa shape index (κ1) is 15.7. The van der Waals surface area contributed by atoms with Crippen molar-refractivity contribution in [2.45, 2.75) is 16.6 Å².